The molecule has 0 bridgehead atoms. The molecule has 29 heavy (non-hydrogen) atoms. The van der Waals surface area contributed by atoms with Gasteiger partial charge in [-0.2, -0.15) is 0 Å². The first-order valence-corrected chi connectivity index (χ1v) is 9.96. The van der Waals surface area contributed by atoms with Crippen LogP contribution in [0.3, 0.4) is 0 Å². The molecule has 0 saturated carbocycles. The largest absolute Gasteiger partial charge is 0.392 e. The van der Waals surface area contributed by atoms with E-state index in [1.165, 1.54) is 11.1 Å². The molecule has 2 amide bonds. The number of nitrogens with one attached hydrogen (secondary N) is 4. The van der Waals surface area contributed by atoms with Crippen LogP contribution < -0.4 is 21.3 Å². The summed E-state index contributed by atoms with van der Waals surface area (Å²) in [6, 6.07) is 15.2. The van der Waals surface area contributed by atoms with Crippen LogP contribution in [0.5, 0.6) is 0 Å². The molecule has 4 rings (SSSR count). The number of amides is 2. The molecule has 0 aliphatic carbocycles. The lowest BCUT2D eigenvalue weighted by atomic mass is 9.95. The minimum Gasteiger partial charge on any atom is -0.392 e. The molecule has 0 saturated heterocycles. The monoisotopic (exact) mass is 394 g/mol. The van der Waals surface area contributed by atoms with Crippen LogP contribution in [-0.2, 0) is 35.5 Å². The zero-order chi connectivity index (χ0) is 20.2. The number of aliphatic hydroxyl groups excluding tert-OH is 1. The maximum absolute atomic E-state index is 12.6. The van der Waals surface area contributed by atoms with Crippen molar-refractivity contribution in [1.82, 2.24) is 21.3 Å². The molecule has 2 heterocycles. The highest BCUT2D eigenvalue weighted by atomic mass is 16.3. The van der Waals surface area contributed by atoms with Gasteiger partial charge in [0.25, 0.3) is 0 Å². The van der Waals surface area contributed by atoms with E-state index in [4.69, 9.17) is 0 Å². The summed E-state index contributed by atoms with van der Waals surface area (Å²) in [6.45, 7) is 0.871. The average molecular weight is 394 g/mol. The zero-order valence-corrected chi connectivity index (χ0v) is 16.2. The number of hydrogen-bond acceptors (Lipinski definition) is 5. The molecule has 2 aromatic carbocycles. The predicted octanol–water partition coefficient (Wildman–Crippen LogP) is -0.0338. The highest BCUT2D eigenvalue weighted by molar-refractivity contribution is 5.85. The molecule has 0 radical (unpaired) electrons. The van der Waals surface area contributed by atoms with E-state index in [1.807, 2.05) is 48.5 Å². The summed E-state index contributed by atoms with van der Waals surface area (Å²) < 4.78 is 0. The maximum atomic E-state index is 12.6. The smallest absolute Gasteiger partial charge is 0.239 e. The molecule has 2 aliphatic rings. The van der Waals surface area contributed by atoms with Crippen LogP contribution in [0.1, 0.15) is 22.3 Å². The van der Waals surface area contributed by atoms with Crippen LogP contribution in [0.4, 0.5) is 0 Å². The molecule has 2 atom stereocenters. The normalized spacial score (nSPS) is 20.5. The van der Waals surface area contributed by atoms with Gasteiger partial charge in [0.05, 0.1) is 18.7 Å². The van der Waals surface area contributed by atoms with E-state index in [1.54, 1.807) is 0 Å². The molecule has 2 aromatic rings. The van der Waals surface area contributed by atoms with Gasteiger partial charge in [0.15, 0.2) is 0 Å². The van der Waals surface area contributed by atoms with E-state index in [0.717, 1.165) is 11.1 Å². The number of carbonyl (C=O) groups excluding carboxylic acids is 2. The highest BCUT2D eigenvalue weighted by Crippen LogP contribution is 2.17. The van der Waals surface area contributed by atoms with E-state index < -0.39 is 18.2 Å². The Balaban J connectivity index is 1.32. The SMILES string of the molecule is O=C(NC(CO)NC(=O)[C@@H]1Cc2ccccc2CN1)[C@@H]1Cc2ccccc2CN1. The molecule has 0 aromatic heterocycles. The van der Waals surface area contributed by atoms with Crippen LogP contribution in [0.2, 0.25) is 0 Å². The molecule has 0 fully saturated rings. The number of rotatable bonds is 5. The highest BCUT2D eigenvalue weighted by Gasteiger charge is 2.28. The number of carbonyl (C=O) groups is 2. The van der Waals surface area contributed by atoms with Crippen molar-refractivity contribution in [3.8, 4) is 0 Å². The second kappa shape index (κ2) is 8.73. The molecule has 152 valence electrons. The molecule has 7 heteroatoms. The summed E-state index contributed by atoms with van der Waals surface area (Å²) in [5, 5.41) is 21.6. The number of fused-ring (bicyclic) bond motifs is 2. The third-order valence-corrected chi connectivity index (χ3v) is 5.61. The Morgan fingerprint density at radius 1 is 0.828 bits per heavy atom. The summed E-state index contributed by atoms with van der Waals surface area (Å²) in [4.78, 5) is 25.3. The van der Waals surface area contributed by atoms with Crippen LogP contribution in [0, 0.1) is 0 Å². The van der Waals surface area contributed by atoms with Crippen molar-refractivity contribution in [3.63, 3.8) is 0 Å². The van der Waals surface area contributed by atoms with E-state index in [-0.39, 0.29) is 18.4 Å². The van der Waals surface area contributed by atoms with Crippen LogP contribution in [-0.4, -0.2) is 41.8 Å². The standard InChI is InChI=1S/C22H26N4O3/c27-13-20(25-21(28)18-9-14-5-1-3-7-16(14)11-23-18)26-22(29)19-10-15-6-2-4-8-17(15)12-24-19/h1-8,18-20,23-24,27H,9-13H2,(H,25,28)(H,26,29)/t18-,19-/m0/s1. The van der Waals surface area contributed by atoms with E-state index in [2.05, 4.69) is 21.3 Å². The zero-order valence-electron chi connectivity index (χ0n) is 16.2. The lowest BCUT2D eigenvalue weighted by Gasteiger charge is -2.29. The Morgan fingerprint density at radius 3 is 1.66 bits per heavy atom. The molecule has 5 N–H and O–H groups in total. The van der Waals surface area contributed by atoms with Crippen molar-refractivity contribution < 1.29 is 14.7 Å². The van der Waals surface area contributed by atoms with Crippen LogP contribution in [0.15, 0.2) is 48.5 Å². The topological polar surface area (TPSA) is 102 Å². The quantitative estimate of drug-likeness (QED) is 0.458. The molecule has 7 nitrogen and oxygen atoms in total. The van der Waals surface area contributed by atoms with Gasteiger partial charge in [0.1, 0.15) is 6.17 Å². The summed E-state index contributed by atoms with van der Waals surface area (Å²) in [6.07, 6.45) is 0.331. The van der Waals surface area contributed by atoms with Gasteiger partial charge >= 0.3 is 0 Å². The lowest BCUT2D eigenvalue weighted by Crippen LogP contribution is -2.59. The number of hydrogen-bond donors (Lipinski definition) is 5. The van der Waals surface area contributed by atoms with E-state index in [9.17, 15) is 14.7 Å². The Morgan fingerprint density at radius 2 is 1.24 bits per heavy atom. The summed E-state index contributed by atoms with van der Waals surface area (Å²) in [5.74, 6) is -0.471. The molecule has 0 unspecified atom stereocenters. The van der Waals surface area contributed by atoms with Gasteiger partial charge < -0.3 is 26.4 Å². The van der Waals surface area contributed by atoms with Gasteiger partial charge in [-0.1, -0.05) is 48.5 Å². The third kappa shape index (κ3) is 4.48. The fourth-order valence-electron chi connectivity index (χ4n) is 3.95. The predicted molar refractivity (Wildman–Crippen MR) is 109 cm³/mol. The first-order valence-electron chi connectivity index (χ1n) is 9.96. The molecule has 0 spiro atoms. The fraction of sp³-hybridized carbons (Fsp3) is 0.364. The molecule has 2 aliphatic heterocycles. The molecular formula is C22H26N4O3. The van der Waals surface area contributed by atoms with Gasteiger partial charge in [0.2, 0.25) is 11.8 Å². The third-order valence-electron chi connectivity index (χ3n) is 5.61. The summed E-state index contributed by atoms with van der Waals surface area (Å²) in [7, 11) is 0. The number of aliphatic hydroxyl groups is 1. The van der Waals surface area contributed by atoms with Crippen molar-refractivity contribution >= 4 is 11.8 Å². The second-order valence-corrected chi connectivity index (χ2v) is 7.56. The van der Waals surface area contributed by atoms with Crippen molar-refractivity contribution in [2.24, 2.45) is 0 Å². The Hall–Kier alpha value is -2.74. The van der Waals surface area contributed by atoms with Crippen LogP contribution >= 0.6 is 0 Å². The van der Waals surface area contributed by atoms with Crippen molar-refractivity contribution in [2.45, 2.75) is 44.2 Å². The van der Waals surface area contributed by atoms with Gasteiger partial charge in [-0.15, -0.1) is 0 Å². The Labute approximate surface area is 169 Å². The lowest BCUT2D eigenvalue weighted by molar-refractivity contribution is -0.127. The van der Waals surface area contributed by atoms with Crippen molar-refractivity contribution in [3.05, 3.63) is 70.8 Å². The minimum atomic E-state index is -0.826. The summed E-state index contributed by atoms with van der Waals surface area (Å²) >= 11 is 0. The van der Waals surface area contributed by atoms with Gasteiger partial charge in [-0.3, -0.25) is 9.59 Å². The minimum absolute atomic E-state index is 0.235. The van der Waals surface area contributed by atoms with Crippen LogP contribution in [0.25, 0.3) is 0 Å². The van der Waals surface area contributed by atoms with Gasteiger partial charge in [-0.05, 0) is 35.1 Å². The van der Waals surface area contributed by atoms with Crippen molar-refractivity contribution in [2.75, 3.05) is 6.61 Å². The maximum Gasteiger partial charge on any atom is 0.239 e. The summed E-state index contributed by atoms with van der Waals surface area (Å²) in [5.41, 5.74) is 4.65. The fourth-order valence-corrected chi connectivity index (χ4v) is 3.95. The van der Waals surface area contributed by atoms with Crippen molar-refractivity contribution in [1.29, 1.82) is 0 Å². The molecular weight excluding hydrogens is 368 g/mol. The van der Waals surface area contributed by atoms with Gasteiger partial charge in [-0.25, -0.2) is 0 Å². The Kier molecular flexibility index (Phi) is 5.89. The number of benzene rings is 2. The first kappa shape index (κ1) is 19.6. The first-order chi connectivity index (χ1) is 14.1. The van der Waals surface area contributed by atoms with Gasteiger partial charge in [0, 0.05) is 13.1 Å². The van der Waals surface area contributed by atoms with E-state index >= 15 is 0 Å². The average Bonchev–Trinajstić information content (AvgIpc) is 2.77. The van der Waals surface area contributed by atoms with E-state index in [0.29, 0.717) is 25.9 Å². The Bertz CT molecular complexity index is 830. The second-order valence-electron chi connectivity index (χ2n) is 7.56.